The molecule has 1 heteroatoms. The minimum Gasteiger partial charge on any atom is -0.0730 e. The fourth-order valence-electron chi connectivity index (χ4n) is 6.89. The Balaban J connectivity index is 2.31. The summed E-state index contributed by atoms with van der Waals surface area (Å²) in [4.78, 5) is 0. The molecule has 36 heavy (non-hydrogen) atoms. The molecule has 188 valence electrons. The summed E-state index contributed by atoms with van der Waals surface area (Å²) in [6, 6.07) is 22.3. The summed E-state index contributed by atoms with van der Waals surface area (Å²) in [5.41, 5.74) is 12.8. The third-order valence-electron chi connectivity index (χ3n) is 8.83. The van der Waals surface area contributed by atoms with E-state index in [1.165, 1.54) is 60.5 Å². The second-order valence-electron chi connectivity index (χ2n) is 11.5. The minimum atomic E-state index is -2.62. The lowest BCUT2D eigenvalue weighted by Crippen LogP contribution is -2.73. The van der Waals surface area contributed by atoms with Crippen molar-refractivity contribution in [2.24, 2.45) is 0 Å². The molecule has 0 heterocycles. The maximum atomic E-state index is 2.63. The van der Waals surface area contributed by atoms with Crippen molar-refractivity contribution >= 4 is 23.6 Å². The highest BCUT2D eigenvalue weighted by Gasteiger charge is 2.56. The molecular weight excluding hydrogens is 448 g/mol. The zero-order valence-electron chi connectivity index (χ0n) is 24.2. The lowest BCUT2D eigenvalue weighted by molar-refractivity contribution is 0.869. The van der Waals surface area contributed by atoms with E-state index in [0.717, 1.165) is 12.8 Å². The molecule has 0 bridgehead atoms. The SMILES string of the molecule is CCc1cc(CC)cc([Si](c2cc(C)cc(C)c2)(c2cc(C)cc(C)c2)C2(C)C=C(C)C(C)=C2C)c1. The van der Waals surface area contributed by atoms with Gasteiger partial charge in [0, 0.05) is 5.04 Å². The maximum Gasteiger partial charge on any atom is 0.161 e. The van der Waals surface area contributed by atoms with Crippen molar-refractivity contribution in [2.75, 3.05) is 0 Å². The zero-order valence-corrected chi connectivity index (χ0v) is 25.2. The van der Waals surface area contributed by atoms with Gasteiger partial charge in [-0.05, 0) is 93.6 Å². The Labute approximate surface area is 221 Å². The molecule has 1 unspecified atom stereocenters. The highest BCUT2D eigenvalue weighted by atomic mass is 28.3. The second kappa shape index (κ2) is 9.67. The molecule has 3 aromatic carbocycles. The summed E-state index contributed by atoms with van der Waals surface area (Å²) >= 11 is 0. The normalized spacial score (nSPS) is 18.1. The van der Waals surface area contributed by atoms with Crippen LogP contribution in [-0.2, 0) is 12.8 Å². The van der Waals surface area contributed by atoms with E-state index in [1.807, 2.05) is 0 Å². The average molecular weight is 493 g/mol. The van der Waals surface area contributed by atoms with E-state index in [2.05, 4.69) is 130 Å². The van der Waals surface area contributed by atoms with Crippen molar-refractivity contribution in [3.63, 3.8) is 0 Å². The number of aryl methyl sites for hydroxylation is 6. The Morgan fingerprint density at radius 2 is 0.944 bits per heavy atom. The molecule has 1 aliphatic rings. The quantitative estimate of drug-likeness (QED) is 0.246. The van der Waals surface area contributed by atoms with Crippen molar-refractivity contribution in [1.82, 2.24) is 0 Å². The lowest BCUT2D eigenvalue weighted by Gasteiger charge is -2.48. The van der Waals surface area contributed by atoms with Crippen LogP contribution < -0.4 is 15.6 Å². The highest BCUT2D eigenvalue weighted by Crippen LogP contribution is 2.53. The number of hydrogen-bond donors (Lipinski definition) is 0. The van der Waals surface area contributed by atoms with E-state index in [1.54, 1.807) is 5.19 Å². The van der Waals surface area contributed by atoms with E-state index in [0.29, 0.717) is 0 Å². The Kier molecular flexibility index (Phi) is 7.10. The number of rotatable bonds is 6. The van der Waals surface area contributed by atoms with Gasteiger partial charge in [0.25, 0.3) is 0 Å². The van der Waals surface area contributed by atoms with E-state index in [-0.39, 0.29) is 5.04 Å². The number of allylic oxidation sites excluding steroid dienone is 4. The Morgan fingerprint density at radius 1 is 0.556 bits per heavy atom. The molecule has 1 atom stereocenters. The van der Waals surface area contributed by atoms with E-state index in [9.17, 15) is 0 Å². The fraction of sp³-hybridized carbons (Fsp3) is 0.371. The van der Waals surface area contributed by atoms with Gasteiger partial charge in [-0.3, -0.25) is 0 Å². The Hall–Kier alpha value is -2.64. The van der Waals surface area contributed by atoms with Gasteiger partial charge in [0.05, 0.1) is 0 Å². The molecule has 0 aliphatic heterocycles. The molecule has 0 amide bonds. The first-order valence-electron chi connectivity index (χ1n) is 13.6. The maximum absolute atomic E-state index is 2.63. The molecule has 0 N–H and O–H groups in total. The van der Waals surface area contributed by atoms with Gasteiger partial charge in [-0.2, -0.15) is 0 Å². The van der Waals surface area contributed by atoms with Crippen molar-refractivity contribution in [3.8, 4) is 0 Å². The smallest absolute Gasteiger partial charge is 0.0730 e. The summed E-state index contributed by atoms with van der Waals surface area (Å²) in [6.45, 7) is 23.3. The molecule has 0 saturated heterocycles. The van der Waals surface area contributed by atoms with Gasteiger partial charge in [0.1, 0.15) is 0 Å². The Bertz CT molecular complexity index is 1270. The first-order chi connectivity index (χ1) is 17.0. The van der Waals surface area contributed by atoms with Gasteiger partial charge in [-0.1, -0.05) is 115 Å². The molecule has 0 fully saturated rings. The monoisotopic (exact) mass is 492 g/mol. The van der Waals surface area contributed by atoms with E-state index >= 15 is 0 Å². The summed E-state index contributed by atoms with van der Waals surface area (Å²) in [5.74, 6) is 0. The minimum absolute atomic E-state index is 0.0704. The standard InChI is InChI=1S/C35H44Si/c1-11-30-19-31(12-2)21-34(20-30)36(32-15-23(3)13-24(4)16-32,33-17-25(5)14-26(6)18-33)35(10)22-27(7)28(8)29(35)9/h13-22H,11-12H2,1-10H3. The third-order valence-corrected chi connectivity index (χ3v) is 14.4. The van der Waals surface area contributed by atoms with E-state index < -0.39 is 8.07 Å². The predicted molar refractivity (Wildman–Crippen MR) is 162 cm³/mol. The van der Waals surface area contributed by atoms with Crippen LogP contribution in [0.1, 0.15) is 74.9 Å². The van der Waals surface area contributed by atoms with Crippen LogP contribution in [0.3, 0.4) is 0 Å². The molecule has 1 aliphatic carbocycles. The van der Waals surface area contributed by atoms with Crippen LogP contribution in [0.5, 0.6) is 0 Å². The van der Waals surface area contributed by atoms with Crippen LogP contribution in [-0.4, -0.2) is 8.07 Å². The van der Waals surface area contributed by atoms with Crippen LogP contribution in [0, 0.1) is 27.7 Å². The van der Waals surface area contributed by atoms with Gasteiger partial charge in [-0.25, -0.2) is 0 Å². The molecule has 0 nitrogen and oxygen atoms in total. The van der Waals surface area contributed by atoms with Crippen LogP contribution in [0.25, 0.3) is 0 Å². The number of hydrogen-bond acceptors (Lipinski definition) is 0. The summed E-state index contributed by atoms with van der Waals surface area (Å²) in [5, 5.41) is 4.54. The summed E-state index contributed by atoms with van der Waals surface area (Å²) in [6.07, 6.45) is 4.75. The topological polar surface area (TPSA) is 0 Å². The molecule has 0 saturated carbocycles. The average Bonchev–Trinajstić information content (AvgIpc) is 3.01. The Morgan fingerprint density at radius 3 is 1.28 bits per heavy atom. The van der Waals surface area contributed by atoms with Gasteiger partial charge < -0.3 is 0 Å². The van der Waals surface area contributed by atoms with Gasteiger partial charge in [0.15, 0.2) is 8.07 Å². The van der Waals surface area contributed by atoms with Crippen LogP contribution in [0.4, 0.5) is 0 Å². The van der Waals surface area contributed by atoms with Crippen molar-refractivity contribution in [2.45, 2.75) is 87.1 Å². The van der Waals surface area contributed by atoms with Crippen LogP contribution in [0.2, 0.25) is 5.04 Å². The number of benzene rings is 3. The van der Waals surface area contributed by atoms with Crippen molar-refractivity contribution < 1.29 is 0 Å². The molecule has 0 radical (unpaired) electrons. The van der Waals surface area contributed by atoms with Gasteiger partial charge in [-0.15, -0.1) is 0 Å². The van der Waals surface area contributed by atoms with Crippen molar-refractivity contribution in [1.29, 1.82) is 0 Å². The summed E-state index contributed by atoms with van der Waals surface area (Å²) in [7, 11) is -2.62. The first-order valence-corrected chi connectivity index (χ1v) is 15.6. The third kappa shape index (κ3) is 4.16. The molecular formula is C35H44Si. The second-order valence-corrected chi connectivity index (χ2v) is 15.8. The molecule has 0 aromatic heterocycles. The summed E-state index contributed by atoms with van der Waals surface area (Å²) < 4.78 is 0. The molecule has 0 spiro atoms. The zero-order chi connectivity index (χ0) is 26.4. The highest BCUT2D eigenvalue weighted by molar-refractivity contribution is 7.14. The van der Waals surface area contributed by atoms with Crippen LogP contribution in [0.15, 0.2) is 77.4 Å². The molecule has 4 rings (SSSR count). The van der Waals surface area contributed by atoms with Crippen LogP contribution >= 0.6 is 0 Å². The largest absolute Gasteiger partial charge is 0.161 e. The van der Waals surface area contributed by atoms with E-state index in [4.69, 9.17) is 0 Å². The first kappa shape index (κ1) is 26.4. The lowest BCUT2D eigenvalue weighted by atomic mass is 10.0. The van der Waals surface area contributed by atoms with Gasteiger partial charge >= 0.3 is 0 Å². The molecule has 3 aromatic rings. The van der Waals surface area contributed by atoms with Crippen molar-refractivity contribution in [3.05, 3.63) is 111 Å². The fourth-order valence-corrected chi connectivity index (χ4v) is 13.5. The van der Waals surface area contributed by atoms with Gasteiger partial charge in [0.2, 0.25) is 0 Å². The predicted octanol–water partition coefficient (Wildman–Crippen LogP) is 7.57.